The Morgan fingerprint density at radius 2 is 1.88 bits per heavy atom. The molecule has 0 aliphatic rings. The van der Waals surface area contributed by atoms with Crippen LogP contribution in [0.3, 0.4) is 0 Å². The fraction of sp³-hybridized carbons (Fsp3) is 0.833. The first-order valence-electron chi connectivity index (χ1n) is 6.16. The summed E-state index contributed by atoms with van der Waals surface area (Å²) in [6, 6.07) is 0.0681. The molecule has 5 nitrogen and oxygen atoms in total. The van der Waals surface area contributed by atoms with Crippen molar-refractivity contribution in [3.8, 4) is 0 Å². The minimum absolute atomic E-state index is 0.0894. The topological polar surface area (TPSA) is 69.6 Å². The number of nitrogens with zero attached hydrogens (tertiary/aromatic N) is 1. The van der Waals surface area contributed by atoms with E-state index >= 15 is 0 Å². The van der Waals surface area contributed by atoms with Gasteiger partial charge in [-0.2, -0.15) is 0 Å². The van der Waals surface area contributed by atoms with Gasteiger partial charge in [-0.3, -0.25) is 4.79 Å². The van der Waals surface area contributed by atoms with E-state index in [4.69, 9.17) is 5.11 Å². The Hall–Kier alpha value is -1.26. The number of carboxylic acid groups (broad SMARTS) is 1. The van der Waals surface area contributed by atoms with Crippen LogP contribution in [0, 0.1) is 5.92 Å². The van der Waals surface area contributed by atoms with Crippen LogP contribution in [0.4, 0.5) is 4.79 Å². The summed E-state index contributed by atoms with van der Waals surface area (Å²) in [7, 11) is 0. The smallest absolute Gasteiger partial charge is 0.317 e. The number of urea groups is 1. The SMILES string of the molecule is CCN(C(=O)NCCCC(=O)O)C(C)C(C)C. The van der Waals surface area contributed by atoms with Crippen LogP contribution >= 0.6 is 0 Å². The van der Waals surface area contributed by atoms with Crippen molar-refractivity contribution in [2.75, 3.05) is 13.1 Å². The van der Waals surface area contributed by atoms with Gasteiger partial charge in [0.2, 0.25) is 0 Å². The molecule has 0 aromatic heterocycles. The molecular weight excluding hydrogens is 220 g/mol. The molecule has 0 bridgehead atoms. The van der Waals surface area contributed by atoms with E-state index in [0.29, 0.717) is 25.4 Å². The van der Waals surface area contributed by atoms with Gasteiger partial charge in [-0.15, -0.1) is 0 Å². The second-order valence-electron chi connectivity index (χ2n) is 4.50. The lowest BCUT2D eigenvalue weighted by Gasteiger charge is -2.30. The molecular formula is C12H24N2O3. The van der Waals surface area contributed by atoms with Gasteiger partial charge in [0.05, 0.1) is 0 Å². The molecule has 1 atom stereocenters. The van der Waals surface area contributed by atoms with E-state index in [1.54, 1.807) is 4.90 Å². The molecule has 0 fully saturated rings. The molecule has 5 heteroatoms. The van der Waals surface area contributed by atoms with Crippen molar-refractivity contribution in [3.05, 3.63) is 0 Å². The van der Waals surface area contributed by atoms with Gasteiger partial charge in [0, 0.05) is 25.6 Å². The Bertz CT molecular complexity index is 254. The second-order valence-corrected chi connectivity index (χ2v) is 4.50. The molecule has 2 amide bonds. The van der Waals surface area contributed by atoms with Gasteiger partial charge in [0.25, 0.3) is 0 Å². The first-order chi connectivity index (χ1) is 7.90. The number of carboxylic acids is 1. The molecule has 1 unspecified atom stereocenters. The lowest BCUT2D eigenvalue weighted by Crippen LogP contribution is -2.47. The average Bonchev–Trinajstić information content (AvgIpc) is 2.24. The molecule has 0 heterocycles. The molecule has 17 heavy (non-hydrogen) atoms. The molecule has 0 aliphatic heterocycles. The van der Waals surface area contributed by atoms with Crippen LogP contribution < -0.4 is 5.32 Å². The van der Waals surface area contributed by atoms with E-state index in [0.717, 1.165) is 0 Å². The summed E-state index contributed by atoms with van der Waals surface area (Å²) in [4.78, 5) is 23.9. The van der Waals surface area contributed by atoms with Gasteiger partial charge in [-0.25, -0.2) is 4.79 Å². The Balaban J connectivity index is 4.05. The Kier molecular flexibility index (Phi) is 7.34. The summed E-state index contributed by atoms with van der Waals surface area (Å²) in [6.45, 7) is 9.17. The van der Waals surface area contributed by atoms with Crippen LogP contribution in [0.2, 0.25) is 0 Å². The molecule has 2 N–H and O–H groups in total. The highest BCUT2D eigenvalue weighted by Gasteiger charge is 2.20. The zero-order valence-electron chi connectivity index (χ0n) is 11.2. The molecule has 0 spiro atoms. The Morgan fingerprint density at radius 3 is 2.29 bits per heavy atom. The van der Waals surface area contributed by atoms with E-state index < -0.39 is 5.97 Å². The first kappa shape index (κ1) is 15.7. The highest BCUT2D eigenvalue weighted by atomic mass is 16.4. The highest BCUT2D eigenvalue weighted by Crippen LogP contribution is 2.09. The molecule has 0 saturated heterocycles. The number of carbonyl (C=O) groups excluding carboxylic acids is 1. The van der Waals surface area contributed by atoms with E-state index in [9.17, 15) is 9.59 Å². The number of hydrogen-bond acceptors (Lipinski definition) is 2. The predicted octanol–water partition coefficient (Wildman–Crippen LogP) is 1.93. The number of rotatable bonds is 7. The van der Waals surface area contributed by atoms with Crippen LogP contribution in [-0.4, -0.2) is 41.1 Å². The molecule has 100 valence electrons. The third-order valence-electron chi connectivity index (χ3n) is 2.90. The number of nitrogens with one attached hydrogen (secondary N) is 1. The van der Waals surface area contributed by atoms with Gasteiger partial charge in [-0.1, -0.05) is 13.8 Å². The largest absolute Gasteiger partial charge is 0.481 e. The normalized spacial score (nSPS) is 12.3. The third kappa shape index (κ3) is 6.14. The first-order valence-corrected chi connectivity index (χ1v) is 6.16. The van der Waals surface area contributed by atoms with Crippen LogP contribution in [0.1, 0.15) is 40.5 Å². The molecule has 0 rings (SSSR count). The van der Waals surface area contributed by atoms with Crippen LogP contribution in [0.25, 0.3) is 0 Å². The van der Waals surface area contributed by atoms with Crippen molar-refractivity contribution in [3.63, 3.8) is 0 Å². The fourth-order valence-electron chi connectivity index (χ4n) is 1.51. The average molecular weight is 244 g/mol. The molecule has 0 radical (unpaired) electrons. The van der Waals surface area contributed by atoms with Gasteiger partial charge in [0.15, 0.2) is 0 Å². The number of hydrogen-bond donors (Lipinski definition) is 2. The second kappa shape index (κ2) is 7.92. The lowest BCUT2D eigenvalue weighted by molar-refractivity contribution is -0.137. The predicted molar refractivity (Wildman–Crippen MR) is 66.9 cm³/mol. The summed E-state index contributed by atoms with van der Waals surface area (Å²) in [5.74, 6) is -0.429. The van der Waals surface area contributed by atoms with Crippen molar-refractivity contribution >= 4 is 12.0 Å². The maximum absolute atomic E-state index is 11.8. The third-order valence-corrected chi connectivity index (χ3v) is 2.90. The van der Waals surface area contributed by atoms with Crippen LogP contribution in [0.5, 0.6) is 0 Å². The van der Waals surface area contributed by atoms with Crippen molar-refractivity contribution in [2.24, 2.45) is 5.92 Å². The maximum atomic E-state index is 11.8. The number of carbonyl (C=O) groups is 2. The zero-order chi connectivity index (χ0) is 13.4. The molecule has 0 aliphatic carbocycles. The van der Waals surface area contributed by atoms with E-state index in [1.165, 1.54) is 0 Å². The van der Waals surface area contributed by atoms with Gasteiger partial charge in [0.1, 0.15) is 0 Å². The van der Waals surface area contributed by atoms with Gasteiger partial charge in [-0.05, 0) is 26.2 Å². The summed E-state index contributed by atoms with van der Waals surface area (Å²) in [5, 5.41) is 11.2. The van der Waals surface area contributed by atoms with Crippen molar-refractivity contribution in [2.45, 2.75) is 46.6 Å². The number of aliphatic carboxylic acids is 1. The standard InChI is InChI=1S/C12H24N2O3/c1-5-14(10(4)9(2)3)12(17)13-8-6-7-11(15)16/h9-10H,5-8H2,1-4H3,(H,13,17)(H,15,16). The summed E-state index contributed by atoms with van der Waals surface area (Å²) >= 11 is 0. The number of amides is 2. The van der Waals surface area contributed by atoms with Crippen molar-refractivity contribution < 1.29 is 14.7 Å². The summed E-state index contributed by atoms with van der Waals surface area (Å²) in [6.07, 6.45) is 0.556. The van der Waals surface area contributed by atoms with Gasteiger partial charge >= 0.3 is 12.0 Å². The Labute approximate surface area is 103 Å². The maximum Gasteiger partial charge on any atom is 0.317 e. The lowest BCUT2D eigenvalue weighted by atomic mass is 10.1. The minimum atomic E-state index is -0.831. The zero-order valence-corrected chi connectivity index (χ0v) is 11.2. The minimum Gasteiger partial charge on any atom is -0.481 e. The van der Waals surface area contributed by atoms with Gasteiger partial charge < -0.3 is 15.3 Å². The highest BCUT2D eigenvalue weighted by molar-refractivity contribution is 5.74. The van der Waals surface area contributed by atoms with Crippen LogP contribution in [-0.2, 0) is 4.79 Å². The summed E-state index contributed by atoms with van der Waals surface area (Å²) in [5.41, 5.74) is 0. The van der Waals surface area contributed by atoms with Crippen molar-refractivity contribution in [1.82, 2.24) is 10.2 Å². The quantitative estimate of drug-likeness (QED) is 0.672. The van der Waals surface area contributed by atoms with E-state index in [2.05, 4.69) is 19.2 Å². The summed E-state index contributed by atoms with van der Waals surface area (Å²) < 4.78 is 0. The molecule has 0 saturated carbocycles. The van der Waals surface area contributed by atoms with Crippen LogP contribution in [0.15, 0.2) is 0 Å². The van der Waals surface area contributed by atoms with E-state index in [1.807, 2.05) is 13.8 Å². The Morgan fingerprint density at radius 1 is 1.29 bits per heavy atom. The fourth-order valence-corrected chi connectivity index (χ4v) is 1.51. The van der Waals surface area contributed by atoms with Crippen molar-refractivity contribution in [1.29, 1.82) is 0 Å². The monoisotopic (exact) mass is 244 g/mol. The van der Waals surface area contributed by atoms with E-state index in [-0.39, 0.29) is 18.5 Å². The molecule has 0 aromatic carbocycles. The molecule has 0 aromatic rings.